The average molecular weight is 489 g/mol. The molecule has 0 aliphatic heterocycles. The molecule has 1 heterocycles. The Kier molecular flexibility index (Phi) is 8.33. The standard InChI is InChI=1S/C27H28N4OS2/c1-20-10-9-15-24(21(20)2)28-26-29-30-27(34-26)33-19-25(32)31(18-23-13-7-4-8-14-23)17-16-22-11-5-3-6-12-22/h3-15H,16-19H2,1-2H3,(H,28,29). The molecular formula is C27H28N4OS2. The molecule has 0 aliphatic carbocycles. The topological polar surface area (TPSA) is 58.1 Å². The Morgan fingerprint density at radius 1 is 0.912 bits per heavy atom. The van der Waals surface area contributed by atoms with Crippen molar-refractivity contribution in [3.8, 4) is 0 Å². The number of anilines is 2. The first kappa shape index (κ1) is 24.0. The summed E-state index contributed by atoms with van der Waals surface area (Å²) >= 11 is 2.91. The molecule has 0 saturated carbocycles. The SMILES string of the molecule is Cc1cccc(Nc2nnc(SCC(=O)N(CCc3ccccc3)Cc3ccccc3)s2)c1C. The van der Waals surface area contributed by atoms with Crippen molar-refractivity contribution in [3.05, 3.63) is 101 Å². The van der Waals surface area contributed by atoms with Crippen LogP contribution in [0.1, 0.15) is 22.3 Å². The predicted molar refractivity (Wildman–Crippen MR) is 142 cm³/mol. The monoisotopic (exact) mass is 488 g/mol. The third-order valence-electron chi connectivity index (χ3n) is 5.65. The van der Waals surface area contributed by atoms with Crippen LogP contribution in [0.5, 0.6) is 0 Å². The highest BCUT2D eigenvalue weighted by Gasteiger charge is 2.16. The largest absolute Gasteiger partial charge is 0.337 e. The highest BCUT2D eigenvalue weighted by Crippen LogP contribution is 2.29. The fourth-order valence-corrected chi connectivity index (χ4v) is 5.21. The second-order valence-electron chi connectivity index (χ2n) is 8.07. The Bertz CT molecular complexity index is 1210. The normalized spacial score (nSPS) is 10.8. The minimum absolute atomic E-state index is 0.101. The number of carbonyl (C=O) groups excluding carboxylic acids is 1. The highest BCUT2D eigenvalue weighted by molar-refractivity contribution is 8.01. The summed E-state index contributed by atoms with van der Waals surface area (Å²) in [6.45, 7) is 5.45. The molecule has 4 rings (SSSR count). The summed E-state index contributed by atoms with van der Waals surface area (Å²) < 4.78 is 0.781. The van der Waals surface area contributed by atoms with Crippen LogP contribution in [0.25, 0.3) is 0 Å². The smallest absolute Gasteiger partial charge is 0.233 e. The molecule has 5 nitrogen and oxygen atoms in total. The van der Waals surface area contributed by atoms with Gasteiger partial charge in [-0.3, -0.25) is 4.79 Å². The van der Waals surface area contributed by atoms with Crippen molar-refractivity contribution >= 4 is 39.8 Å². The maximum Gasteiger partial charge on any atom is 0.233 e. The summed E-state index contributed by atoms with van der Waals surface area (Å²) in [5.74, 6) is 0.434. The van der Waals surface area contributed by atoms with Gasteiger partial charge in [0.25, 0.3) is 0 Å². The van der Waals surface area contributed by atoms with E-state index < -0.39 is 0 Å². The van der Waals surface area contributed by atoms with E-state index in [1.54, 1.807) is 0 Å². The summed E-state index contributed by atoms with van der Waals surface area (Å²) in [7, 11) is 0. The lowest BCUT2D eigenvalue weighted by Crippen LogP contribution is -2.33. The van der Waals surface area contributed by atoms with E-state index in [1.807, 2.05) is 53.4 Å². The van der Waals surface area contributed by atoms with Crippen molar-refractivity contribution in [1.82, 2.24) is 15.1 Å². The van der Waals surface area contributed by atoms with E-state index in [0.29, 0.717) is 18.8 Å². The van der Waals surface area contributed by atoms with E-state index in [4.69, 9.17) is 0 Å². The van der Waals surface area contributed by atoms with Gasteiger partial charge >= 0.3 is 0 Å². The summed E-state index contributed by atoms with van der Waals surface area (Å²) in [6.07, 6.45) is 0.826. The second kappa shape index (κ2) is 11.8. The van der Waals surface area contributed by atoms with Gasteiger partial charge < -0.3 is 10.2 Å². The van der Waals surface area contributed by atoms with Crippen LogP contribution in [-0.4, -0.2) is 33.3 Å². The van der Waals surface area contributed by atoms with E-state index in [1.165, 1.54) is 39.8 Å². The van der Waals surface area contributed by atoms with Gasteiger partial charge in [0.15, 0.2) is 4.34 Å². The minimum Gasteiger partial charge on any atom is -0.337 e. The molecule has 174 valence electrons. The zero-order valence-electron chi connectivity index (χ0n) is 19.4. The minimum atomic E-state index is 0.101. The van der Waals surface area contributed by atoms with Gasteiger partial charge in [-0.2, -0.15) is 0 Å². The lowest BCUT2D eigenvalue weighted by molar-refractivity contribution is -0.128. The number of aromatic nitrogens is 2. The van der Waals surface area contributed by atoms with Gasteiger partial charge in [-0.05, 0) is 48.6 Å². The maximum atomic E-state index is 13.2. The molecule has 0 spiro atoms. The summed E-state index contributed by atoms with van der Waals surface area (Å²) in [6, 6.07) is 26.6. The number of benzene rings is 3. The third kappa shape index (κ3) is 6.68. The highest BCUT2D eigenvalue weighted by atomic mass is 32.2. The molecule has 0 bridgehead atoms. The Labute approximate surface area is 209 Å². The number of hydrogen-bond acceptors (Lipinski definition) is 6. The Morgan fingerprint density at radius 2 is 1.62 bits per heavy atom. The van der Waals surface area contributed by atoms with Crippen LogP contribution in [-0.2, 0) is 17.8 Å². The van der Waals surface area contributed by atoms with Crippen molar-refractivity contribution in [2.45, 2.75) is 31.2 Å². The van der Waals surface area contributed by atoms with Gasteiger partial charge in [0.05, 0.1) is 5.75 Å². The number of amides is 1. The lowest BCUT2D eigenvalue weighted by atomic mass is 10.1. The van der Waals surface area contributed by atoms with Gasteiger partial charge in [0.1, 0.15) is 0 Å². The van der Waals surface area contributed by atoms with Crippen LogP contribution in [0.15, 0.2) is 83.2 Å². The predicted octanol–water partition coefficient (Wildman–Crippen LogP) is 6.26. The van der Waals surface area contributed by atoms with Gasteiger partial charge in [-0.1, -0.05) is 95.9 Å². The first-order valence-corrected chi connectivity index (χ1v) is 13.0. The molecule has 34 heavy (non-hydrogen) atoms. The van der Waals surface area contributed by atoms with Crippen LogP contribution in [0.3, 0.4) is 0 Å². The fourth-order valence-electron chi connectivity index (χ4n) is 3.54. The number of carbonyl (C=O) groups is 1. The molecule has 0 radical (unpaired) electrons. The van der Waals surface area contributed by atoms with E-state index in [-0.39, 0.29) is 5.91 Å². The molecule has 1 amide bonds. The van der Waals surface area contributed by atoms with Crippen molar-refractivity contribution in [2.75, 3.05) is 17.6 Å². The number of nitrogens with zero attached hydrogens (tertiary/aromatic N) is 3. The molecule has 0 unspecified atom stereocenters. The van der Waals surface area contributed by atoms with E-state index in [0.717, 1.165) is 27.1 Å². The first-order valence-electron chi connectivity index (χ1n) is 11.2. The van der Waals surface area contributed by atoms with Gasteiger partial charge in [0.2, 0.25) is 11.0 Å². The Morgan fingerprint density at radius 3 is 2.35 bits per heavy atom. The molecule has 1 aromatic heterocycles. The van der Waals surface area contributed by atoms with Crippen LogP contribution in [0.2, 0.25) is 0 Å². The van der Waals surface area contributed by atoms with Crippen molar-refractivity contribution in [2.24, 2.45) is 0 Å². The summed E-state index contributed by atoms with van der Waals surface area (Å²) in [4.78, 5) is 15.1. The lowest BCUT2D eigenvalue weighted by Gasteiger charge is -2.23. The van der Waals surface area contributed by atoms with E-state index >= 15 is 0 Å². The molecule has 3 aromatic carbocycles. The third-order valence-corrected chi connectivity index (χ3v) is 7.61. The van der Waals surface area contributed by atoms with E-state index in [9.17, 15) is 4.79 Å². The number of aryl methyl sites for hydroxylation is 1. The van der Waals surface area contributed by atoms with E-state index in [2.05, 4.69) is 59.7 Å². The van der Waals surface area contributed by atoms with Crippen LogP contribution >= 0.6 is 23.1 Å². The molecular weight excluding hydrogens is 460 g/mol. The summed E-state index contributed by atoms with van der Waals surface area (Å²) in [5.41, 5.74) is 5.80. The van der Waals surface area contributed by atoms with Crippen molar-refractivity contribution in [1.29, 1.82) is 0 Å². The van der Waals surface area contributed by atoms with Crippen LogP contribution in [0.4, 0.5) is 10.8 Å². The Balaban J connectivity index is 1.37. The van der Waals surface area contributed by atoms with Gasteiger partial charge in [0, 0.05) is 18.8 Å². The molecule has 7 heteroatoms. The first-order chi connectivity index (χ1) is 16.6. The number of hydrogen-bond donors (Lipinski definition) is 1. The fraction of sp³-hybridized carbons (Fsp3) is 0.222. The van der Waals surface area contributed by atoms with Crippen LogP contribution in [0, 0.1) is 13.8 Å². The quantitative estimate of drug-likeness (QED) is 0.267. The second-order valence-corrected chi connectivity index (χ2v) is 10.3. The van der Waals surface area contributed by atoms with Gasteiger partial charge in [-0.15, -0.1) is 10.2 Å². The average Bonchev–Trinajstić information content (AvgIpc) is 3.31. The molecule has 0 fully saturated rings. The van der Waals surface area contributed by atoms with Crippen molar-refractivity contribution in [3.63, 3.8) is 0 Å². The maximum absolute atomic E-state index is 13.2. The molecule has 0 saturated heterocycles. The Hall–Kier alpha value is -3.16. The summed E-state index contributed by atoms with van der Waals surface area (Å²) in [5, 5.41) is 12.6. The van der Waals surface area contributed by atoms with Crippen LogP contribution < -0.4 is 5.32 Å². The molecule has 1 N–H and O–H groups in total. The molecule has 0 atom stereocenters. The van der Waals surface area contributed by atoms with Crippen molar-refractivity contribution < 1.29 is 4.79 Å². The molecule has 0 aliphatic rings. The number of thioether (sulfide) groups is 1. The number of nitrogens with one attached hydrogen (secondary N) is 1. The zero-order valence-corrected chi connectivity index (χ0v) is 21.0. The van der Waals surface area contributed by atoms with Gasteiger partial charge in [-0.25, -0.2) is 0 Å². The number of rotatable bonds is 10. The zero-order chi connectivity index (χ0) is 23.8. The molecule has 4 aromatic rings.